The number of phenolic OH excluding ortho intramolecular Hbond substituents is 1. The Balaban J connectivity index is 1.69. The number of carbonyl (C=O) groups excluding carboxylic acids is 1. The quantitative estimate of drug-likeness (QED) is 0.431. The maximum atomic E-state index is 12.3. The van der Waals surface area contributed by atoms with Crippen molar-refractivity contribution in [2.24, 2.45) is 5.10 Å². The second kappa shape index (κ2) is 8.29. The number of phenols is 1. The average Bonchev–Trinajstić information content (AvgIpc) is 3.12. The largest absolute Gasteiger partial charge is 0.506 e. The van der Waals surface area contributed by atoms with E-state index in [4.69, 9.17) is 0 Å². The minimum Gasteiger partial charge on any atom is -0.506 e. The van der Waals surface area contributed by atoms with E-state index in [1.807, 2.05) is 24.4 Å². The number of rotatable bonds is 5. The summed E-state index contributed by atoms with van der Waals surface area (Å²) in [4.78, 5) is 12.3. The maximum absolute atomic E-state index is 12.3. The van der Waals surface area contributed by atoms with Crippen molar-refractivity contribution in [2.75, 3.05) is 0 Å². The molecule has 3 rings (SSSR count). The van der Waals surface area contributed by atoms with Gasteiger partial charge in [0.15, 0.2) is 0 Å². The van der Waals surface area contributed by atoms with Gasteiger partial charge in [0.2, 0.25) is 0 Å². The van der Waals surface area contributed by atoms with Crippen molar-refractivity contribution >= 4 is 44.0 Å². The first-order valence-corrected chi connectivity index (χ1v) is 9.19. The van der Waals surface area contributed by atoms with Crippen LogP contribution < -0.4 is 5.43 Å². The molecule has 1 heterocycles. The molecule has 0 saturated carbocycles. The van der Waals surface area contributed by atoms with Gasteiger partial charge in [-0.25, -0.2) is 5.43 Å². The van der Waals surface area contributed by atoms with Gasteiger partial charge in [-0.15, -0.1) is 0 Å². The number of benzene rings is 2. The Morgan fingerprint density at radius 1 is 1.27 bits per heavy atom. The minimum absolute atomic E-state index is 0.0485. The van der Waals surface area contributed by atoms with E-state index in [-0.39, 0.29) is 11.7 Å². The first-order chi connectivity index (χ1) is 12.5. The molecule has 0 saturated heterocycles. The van der Waals surface area contributed by atoms with Gasteiger partial charge < -0.3 is 5.11 Å². The van der Waals surface area contributed by atoms with Gasteiger partial charge in [0, 0.05) is 28.0 Å². The van der Waals surface area contributed by atoms with Crippen LogP contribution in [0.1, 0.15) is 21.5 Å². The Morgan fingerprint density at radius 3 is 2.88 bits per heavy atom. The molecular formula is C18H14Br2N4O2. The van der Waals surface area contributed by atoms with E-state index in [0.717, 1.165) is 10.0 Å². The van der Waals surface area contributed by atoms with Gasteiger partial charge in [-0.2, -0.15) is 10.2 Å². The van der Waals surface area contributed by atoms with Gasteiger partial charge in [0.25, 0.3) is 5.91 Å². The molecule has 3 aromatic rings. The Hall–Kier alpha value is -2.45. The lowest BCUT2D eigenvalue weighted by atomic mass is 10.1. The molecule has 0 unspecified atom stereocenters. The van der Waals surface area contributed by atoms with Crippen LogP contribution in [0.25, 0.3) is 0 Å². The highest BCUT2D eigenvalue weighted by atomic mass is 79.9. The molecule has 8 heteroatoms. The predicted octanol–water partition coefficient (Wildman–Crippen LogP) is 3.93. The first-order valence-electron chi connectivity index (χ1n) is 7.61. The van der Waals surface area contributed by atoms with Gasteiger partial charge in [0.05, 0.1) is 17.2 Å². The van der Waals surface area contributed by atoms with Crippen molar-refractivity contribution in [3.8, 4) is 5.75 Å². The van der Waals surface area contributed by atoms with E-state index in [1.54, 1.807) is 35.1 Å². The van der Waals surface area contributed by atoms with Gasteiger partial charge >= 0.3 is 0 Å². The Morgan fingerprint density at radius 2 is 2.12 bits per heavy atom. The lowest BCUT2D eigenvalue weighted by Gasteiger charge is -2.05. The van der Waals surface area contributed by atoms with E-state index in [0.29, 0.717) is 22.1 Å². The van der Waals surface area contributed by atoms with Crippen molar-refractivity contribution in [3.63, 3.8) is 0 Å². The smallest absolute Gasteiger partial charge is 0.271 e. The highest BCUT2D eigenvalue weighted by Crippen LogP contribution is 2.30. The molecule has 26 heavy (non-hydrogen) atoms. The van der Waals surface area contributed by atoms with Gasteiger partial charge in [0.1, 0.15) is 5.75 Å². The number of hydrogen-bond donors (Lipinski definition) is 2. The molecule has 2 aromatic carbocycles. The van der Waals surface area contributed by atoms with E-state index < -0.39 is 0 Å². The number of hydrazone groups is 1. The van der Waals surface area contributed by atoms with Crippen LogP contribution in [-0.2, 0) is 6.54 Å². The number of aromatic hydroxyl groups is 1. The van der Waals surface area contributed by atoms with Crippen LogP contribution in [0, 0.1) is 0 Å². The SMILES string of the molecule is O=C(N/N=C\c1cc(Br)cc(Br)c1O)c1cccc(Cn2cccn2)c1. The highest BCUT2D eigenvalue weighted by molar-refractivity contribution is 9.11. The van der Waals surface area contributed by atoms with E-state index in [2.05, 4.69) is 47.5 Å². The highest BCUT2D eigenvalue weighted by Gasteiger charge is 2.07. The van der Waals surface area contributed by atoms with Gasteiger partial charge in [-0.3, -0.25) is 9.48 Å². The third-order valence-electron chi connectivity index (χ3n) is 3.52. The van der Waals surface area contributed by atoms with Crippen molar-refractivity contribution < 1.29 is 9.90 Å². The summed E-state index contributed by atoms with van der Waals surface area (Å²) in [5, 5.41) is 18.1. The zero-order valence-corrected chi connectivity index (χ0v) is 16.6. The molecule has 1 aromatic heterocycles. The molecule has 132 valence electrons. The van der Waals surface area contributed by atoms with E-state index in [1.165, 1.54) is 6.21 Å². The Labute approximate surface area is 166 Å². The third-order valence-corrected chi connectivity index (χ3v) is 4.58. The van der Waals surface area contributed by atoms with Crippen LogP contribution in [0.3, 0.4) is 0 Å². The number of nitrogens with one attached hydrogen (secondary N) is 1. The zero-order chi connectivity index (χ0) is 18.5. The van der Waals surface area contributed by atoms with Crippen LogP contribution in [0.5, 0.6) is 5.75 Å². The maximum Gasteiger partial charge on any atom is 0.271 e. The van der Waals surface area contributed by atoms with Crippen molar-refractivity contribution in [1.29, 1.82) is 0 Å². The third kappa shape index (κ3) is 4.59. The molecule has 0 spiro atoms. The summed E-state index contributed by atoms with van der Waals surface area (Å²) >= 11 is 6.59. The number of nitrogens with zero attached hydrogens (tertiary/aromatic N) is 3. The first kappa shape index (κ1) is 18.3. The topological polar surface area (TPSA) is 79.5 Å². The summed E-state index contributed by atoms with van der Waals surface area (Å²) in [6.45, 7) is 0.581. The van der Waals surface area contributed by atoms with E-state index >= 15 is 0 Å². The predicted molar refractivity (Wildman–Crippen MR) is 106 cm³/mol. The lowest BCUT2D eigenvalue weighted by molar-refractivity contribution is 0.0955. The fourth-order valence-corrected chi connectivity index (χ4v) is 3.56. The molecule has 0 radical (unpaired) electrons. The van der Waals surface area contributed by atoms with Crippen LogP contribution >= 0.6 is 31.9 Å². The second-order valence-corrected chi connectivity index (χ2v) is 7.20. The number of carbonyl (C=O) groups is 1. The van der Waals surface area contributed by atoms with Crippen molar-refractivity contribution in [1.82, 2.24) is 15.2 Å². The summed E-state index contributed by atoms with van der Waals surface area (Å²) in [6, 6.07) is 12.5. The van der Waals surface area contributed by atoms with Crippen molar-refractivity contribution in [3.05, 3.63) is 80.5 Å². The second-order valence-electron chi connectivity index (χ2n) is 5.43. The number of aromatic nitrogens is 2. The van der Waals surface area contributed by atoms with Crippen LogP contribution in [-0.4, -0.2) is 27.0 Å². The Kier molecular flexibility index (Phi) is 5.85. The average molecular weight is 478 g/mol. The number of hydrogen-bond acceptors (Lipinski definition) is 4. The fourth-order valence-electron chi connectivity index (χ4n) is 2.30. The van der Waals surface area contributed by atoms with Gasteiger partial charge in [-0.1, -0.05) is 28.1 Å². The molecule has 0 aliphatic rings. The molecule has 1 amide bonds. The normalized spacial score (nSPS) is 11.0. The number of amides is 1. The van der Waals surface area contributed by atoms with E-state index in [9.17, 15) is 9.90 Å². The molecule has 6 nitrogen and oxygen atoms in total. The zero-order valence-electron chi connectivity index (χ0n) is 13.4. The molecule has 0 atom stereocenters. The monoisotopic (exact) mass is 476 g/mol. The van der Waals surface area contributed by atoms with Crippen LogP contribution in [0.15, 0.2) is 68.9 Å². The number of halogens is 2. The standard InChI is InChI=1S/C18H14Br2N4O2/c19-15-8-14(17(25)16(20)9-15)10-21-23-18(26)13-4-1-3-12(7-13)11-24-6-2-5-22-24/h1-10,25H,11H2,(H,23,26)/b21-10-. The lowest BCUT2D eigenvalue weighted by Crippen LogP contribution is -2.18. The summed E-state index contributed by atoms with van der Waals surface area (Å²) in [7, 11) is 0. The molecular weight excluding hydrogens is 464 g/mol. The van der Waals surface area contributed by atoms with Crippen LogP contribution in [0.2, 0.25) is 0 Å². The summed E-state index contributed by atoms with van der Waals surface area (Å²) in [5.41, 5.74) is 4.39. The summed E-state index contributed by atoms with van der Waals surface area (Å²) in [6.07, 6.45) is 4.96. The minimum atomic E-state index is -0.336. The van der Waals surface area contributed by atoms with Crippen molar-refractivity contribution in [2.45, 2.75) is 6.54 Å². The Bertz CT molecular complexity index is 956. The van der Waals surface area contributed by atoms with Gasteiger partial charge in [-0.05, 0) is 51.8 Å². The summed E-state index contributed by atoms with van der Waals surface area (Å²) in [5.74, 6) is -0.287. The fraction of sp³-hybridized carbons (Fsp3) is 0.0556. The molecule has 0 bridgehead atoms. The summed E-state index contributed by atoms with van der Waals surface area (Å²) < 4.78 is 3.09. The van der Waals surface area contributed by atoms with Crippen LogP contribution in [0.4, 0.5) is 0 Å². The molecule has 0 aliphatic carbocycles. The molecule has 2 N–H and O–H groups in total. The molecule has 0 fully saturated rings. The molecule has 0 aliphatic heterocycles.